The molecule has 0 aromatic carbocycles. The van der Waals surface area contributed by atoms with E-state index in [0.29, 0.717) is 19.8 Å². The summed E-state index contributed by atoms with van der Waals surface area (Å²) in [6.45, 7) is 3.54. The van der Waals surface area contributed by atoms with Gasteiger partial charge in [0, 0.05) is 19.3 Å². The predicted molar refractivity (Wildman–Crippen MR) is 95.2 cm³/mol. The number of nitrogens with one attached hydrogen (secondary N) is 1. The molecule has 2 rings (SSSR count). The van der Waals surface area contributed by atoms with E-state index in [0.717, 1.165) is 38.0 Å². The molecule has 1 atom stereocenters. The highest BCUT2D eigenvalue weighted by Gasteiger charge is 2.25. The summed E-state index contributed by atoms with van der Waals surface area (Å²) in [5, 5.41) is 3.39. The third-order valence-corrected chi connectivity index (χ3v) is 4.02. The summed E-state index contributed by atoms with van der Waals surface area (Å²) in [4.78, 5) is 18.9. The summed E-state index contributed by atoms with van der Waals surface area (Å²) in [6, 6.07) is 6.04. The predicted octanol–water partition coefficient (Wildman–Crippen LogP) is 1.64. The minimum Gasteiger partial charge on any atom is -0.382 e. The van der Waals surface area contributed by atoms with E-state index in [1.807, 2.05) is 23.1 Å². The number of carbonyl (C=O) groups is 1. The van der Waals surface area contributed by atoms with E-state index in [1.165, 1.54) is 0 Å². The van der Waals surface area contributed by atoms with Crippen molar-refractivity contribution in [3.05, 3.63) is 30.1 Å². The fourth-order valence-electron chi connectivity index (χ4n) is 2.78. The van der Waals surface area contributed by atoms with Crippen molar-refractivity contribution in [2.24, 2.45) is 0 Å². The van der Waals surface area contributed by atoms with Gasteiger partial charge in [-0.05, 0) is 44.5 Å². The molecule has 1 amide bonds. The highest BCUT2D eigenvalue weighted by atomic mass is 35.5. The molecule has 2 heterocycles. The Morgan fingerprint density at radius 2 is 2.21 bits per heavy atom. The first-order valence-corrected chi connectivity index (χ1v) is 8.28. The van der Waals surface area contributed by atoms with Crippen LogP contribution in [0.1, 0.15) is 25.0 Å². The van der Waals surface area contributed by atoms with Crippen LogP contribution in [0, 0.1) is 0 Å². The molecule has 1 aromatic rings. The van der Waals surface area contributed by atoms with Gasteiger partial charge in [0.25, 0.3) is 0 Å². The number of halogens is 1. The molecular weight excluding hydrogens is 330 g/mol. The van der Waals surface area contributed by atoms with Crippen LogP contribution in [0.15, 0.2) is 24.4 Å². The molecule has 24 heavy (non-hydrogen) atoms. The monoisotopic (exact) mass is 357 g/mol. The van der Waals surface area contributed by atoms with Gasteiger partial charge in [-0.1, -0.05) is 6.07 Å². The van der Waals surface area contributed by atoms with E-state index in [4.69, 9.17) is 9.47 Å². The zero-order chi connectivity index (χ0) is 16.3. The molecular formula is C17H28ClN3O3. The highest BCUT2D eigenvalue weighted by molar-refractivity contribution is 5.85. The molecule has 0 spiro atoms. The van der Waals surface area contributed by atoms with Gasteiger partial charge in [-0.15, -0.1) is 12.4 Å². The van der Waals surface area contributed by atoms with E-state index < -0.39 is 0 Å². The number of ether oxygens (including phenoxy) is 2. The molecule has 7 heteroatoms. The van der Waals surface area contributed by atoms with Gasteiger partial charge in [-0.2, -0.15) is 0 Å². The van der Waals surface area contributed by atoms with Crippen LogP contribution in [0.25, 0.3) is 0 Å². The molecule has 1 N–H and O–H groups in total. The smallest absolute Gasteiger partial charge is 0.249 e. The molecule has 6 nitrogen and oxygen atoms in total. The van der Waals surface area contributed by atoms with Crippen molar-refractivity contribution >= 4 is 18.3 Å². The maximum absolute atomic E-state index is 12.6. The van der Waals surface area contributed by atoms with Gasteiger partial charge in [-0.3, -0.25) is 9.78 Å². The number of nitrogens with zero attached hydrogens (tertiary/aromatic N) is 2. The van der Waals surface area contributed by atoms with Crippen molar-refractivity contribution in [2.45, 2.75) is 31.8 Å². The van der Waals surface area contributed by atoms with Crippen LogP contribution in [0.5, 0.6) is 0 Å². The van der Waals surface area contributed by atoms with Crippen molar-refractivity contribution in [3.63, 3.8) is 0 Å². The largest absolute Gasteiger partial charge is 0.382 e. The molecule has 0 aliphatic carbocycles. The van der Waals surface area contributed by atoms with Gasteiger partial charge in [0.1, 0.15) is 6.61 Å². The van der Waals surface area contributed by atoms with Crippen molar-refractivity contribution < 1.29 is 14.3 Å². The average Bonchev–Trinajstić information content (AvgIpc) is 2.86. The van der Waals surface area contributed by atoms with Crippen LogP contribution < -0.4 is 5.32 Å². The minimum atomic E-state index is 0. The van der Waals surface area contributed by atoms with E-state index in [-0.39, 0.29) is 31.0 Å². The summed E-state index contributed by atoms with van der Waals surface area (Å²) < 4.78 is 10.4. The van der Waals surface area contributed by atoms with Crippen molar-refractivity contribution in [1.29, 1.82) is 0 Å². The van der Waals surface area contributed by atoms with Crippen LogP contribution in [-0.2, 0) is 20.8 Å². The van der Waals surface area contributed by atoms with Gasteiger partial charge >= 0.3 is 0 Å². The van der Waals surface area contributed by atoms with E-state index in [9.17, 15) is 4.79 Å². The maximum Gasteiger partial charge on any atom is 0.249 e. The Kier molecular flexibility index (Phi) is 10.6. The van der Waals surface area contributed by atoms with Gasteiger partial charge in [0.2, 0.25) is 5.91 Å². The number of hydrogen-bond acceptors (Lipinski definition) is 5. The normalized spacial score (nSPS) is 17.6. The zero-order valence-corrected chi connectivity index (χ0v) is 15.1. The lowest BCUT2D eigenvalue weighted by Gasteiger charge is -2.31. The molecule has 1 unspecified atom stereocenters. The highest BCUT2D eigenvalue weighted by Crippen LogP contribution is 2.16. The van der Waals surface area contributed by atoms with E-state index in [1.54, 1.807) is 13.3 Å². The molecule has 1 saturated heterocycles. The van der Waals surface area contributed by atoms with Crippen LogP contribution in [0.4, 0.5) is 0 Å². The molecule has 136 valence electrons. The lowest BCUT2D eigenvalue weighted by molar-refractivity contribution is -0.140. The first-order chi connectivity index (χ1) is 11.3. The van der Waals surface area contributed by atoms with Crippen LogP contribution in [0.2, 0.25) is 0 Å². The van der Waals surface area contributed by atoms with Gasteiger partial charge in [0.05, 0.1) is 25.5 Å². The van der Waals surface area contributed by atoms with Crippen LogP contribution in [-0.4, -0.2) is 61.9 Å². The molecule has 1 aliphatic heterocycles. The summed E-state index contributed by atoms with van der Waals surface area (Å²) in [7, 11) is 1.62. The summed E-state index contributed by atoms with van der Waals surface area (Å²) in [5.74, 6) is 0.0265. The summed E-state index contributed by atoms with van der Waals surface area (Å²) >= 11 is 0. The molecule has 1 aromatic heterocycles. The Hall–Kier alpha value is -1.21. The first-order valence-electron chi connectivity index (χ1n) is 8.28. The van der Waals surface area contributed by atoms with Crippen molar-refractivity contribution in [2.75, 3.05) is 40.0 Å². The quantitative estimate of drug-likeness (QED) is 0.716. The van der Waals surface area contributed by atoms with E-state index >= 15 is 0 Å². The Labute approximate surface area is 150 Å². The number of methoxy groups -OCH3 is 1. The number of pyridine rings is 1. The number of amides is 1. The Bertz CT molecular complexity index is 454. The SMILES string of the molecule is COCCOCC(=O)N(Cc1ccccn1)C1CCCNCC1.Cl. The molecule has 0 bridgehead atoms. The Morgan fingerprint density at radius 3 is 2.96 bits per heavy atom. The Morgan fingerprint density at radius 1 is 1.33 bits per heavy atom. The number of hydrogen-bond donors (Lipinski definition) is 1. The first kappa shape index (κ1) is 20.8. The minimum absolute atomic E-state index is 0. The second-order valence-corrected chi connectivity index (χ2v) is 5.72. The zero-order valence-electron chi connectivity index (χ0n) is 14.3. The standard InChI is InChI=1S/C17H27N3O3.ClH/c1-22-11-12-23-14-17(21)20(13-15-5-2-3-9-19-15)16-6-4-8-18-10-7-16;/h2-3,5,9,16,18H,4,6-8,10-14H2,1H3;1H. The van der Waals surface area contributed by atoms with Gasteiger partial charge in [0.15, 0.2) is 0 Å². The molecule has 1 fully saturated rings. The van der Waals surface area contributed by atoms with Crippen LogP contribution >= 0.6 is 12.4 Å². The third kappa shape index (κ3) is 7.13. The number of carbonyl (C=O) groups excluding carboxylic acids is 1. The topological polar surface area (TPSA) is 63.7 Å². The second kappa shape index (κ2) is 12.2. The van der Waals surface area contributed by atoms with Crippen LogP contribution in [0.3, 0.4) is 0 Å². The summed E-state index contributed by atoms with van der Waals surface area (Å²) in [5.41, 5.74) is 0.912. The molecule has 0 saturated carbocycles. The summed E-state index contributed by atoms with van der Waals surface area (Å²) in [6.07, 6.45) is 4.84. The van der Waals surface area contributed by atoms with Crippen molar-refractivity contribution in [1.82, 2.24) is 15.2 Å². The number of rotatable bonds is 8. The lowest BCUT2D eigenvalue weighted by atomic mass is 10.1. The third-order valence-electron chi connectivity index (χ3n) is 4.02. The maximum atomic E-state index is 12.6. The lowest BCUT2D eigenvalue weighted by Crippen LogP contribution is -2.42. The number of aromatic nitrogens is 1. The van der Waals surface area contributed by atoms with Crippen molar-refractivity contribution in [3.8, 4) is 0 Å². The molecule has 1 aliphatic rings. The fourth-order valence-corrected chi connectivity index (χ4v) is 2.78. The second-order valence-electron chi connectivity index (χ2n) is 5.72. The van der Waals surface area contributed by atoms with Gasteiger partial charge < -0.3 is 19.7 Å². The average molecular weight is 358 g/mol. The van der Waals surface area contributed by atoms with E-state index in [2.05, 4.69) is 10.3 Å². The Balaban J connectivity index is 0.00000288. The van der Waals surface area contributed by atoms with Gasteiger partial charge in [-0.25, -0.2) is 0 Å². The molecule has 0 radical (unpaired) electrons. The fraction of sp³-hybridized carbons (Fsp3) is 0.647.